The van der Waals surface area contributed by atoms with Gasteiger partial charge in [0.15, 0.2) is 0 Å². The van der Waals surface area contributed by atoms with Crippen molar-refractivity contribution in [3.8, 4) is 11.8 Å². The topological polar surface area (TPSA) is 45.9 Å². The molecule has 0 radical (unpaired) electrons. The molecule has 1 aromatic heterocycles. The second kappa shape index (κ2) is 4.93. The van der Waals surface area contributed by atoms with Crippen LogP contribution in [0.3, 0.4) is 0 Å². The molecular weight excluding hydrogens is 236 g/mol. The molecule has 0 amide bonds. The fraction of sp³-hybridized carbons (Fsp3) is 0.538. The minimum absolute atomic E-state index is 0.0865. The summed E-state index contributed by atoms with van der Waals surface area (Å²) in [5, 5.41) is 8.74. The van der Waals surface area contributed by atoms with Crippen molar-refractivity contribution >= 4 is 11.6 Å². The van der Waals surface area contributed by atoms with E-state index < -0.39 is 0 Å². The maximum atomic E-state index is 8.74. The van der Waals surface area contributed by atoms with E-state index in [2.05, 4.69) is 11.1 Å². The Morgan fingerprint density at radius 2 is 2.29 bits per heavy atom. The Balaban J connectivity index is 2.02. The Hall–Kier alpha value is -1.27. The molecule has 4 heteroatoms. The quantitative estimate of drug-likeness (QED) is 0.754. The number of rotatable bonds is 5. The minimum Gasteiger partial charge on any atom is -0.491 e. The predicted octanol–water partition coefficient (Wildman–Crippen LogP) is 3.20. The van der Waals surface area contributed by atoms with Gasteiger partial charge in [0.25, 0.3) is 0 Å². The van der Waals surface area contributed by atoms with Crippen LogP contribution in [0.1, 0.15) is 30.7 Å². The number of hydrogen-bond acceptors (Lipinski definition) is 3. The first-order chi connectivity index (χ1) is 8.19. The minimum atomic E-state index is 0.0865. The molecule has 1 heterocycles. The van der Waals surface area contributed by atoms with Gasteiger partial charge in [-0.05, 0) is 31.9 Å². The number of aryl methyl sites for hydroxylation is 1. The van der Waals surface area contributed by atoms with Crippen molar-refractivity contribution in [2.75, 3.05) is 6.61 Å². The summed E-state index contributed by atoms with van der Waals surface area (Å²) in [7, 11) is 0. The fourth-order valence-electron chi connectivity index (χ4n) is 1.77. The van der Waals surface area contributed by atoms with Crippen LogP contribution in [-0.2, 0) is 5.88 Å². The van der Waals surface area contributed by atoms with Crippen LogP contribution in [0.15, 0.2) is 12.1 Å². The van der Waals surface area contributed by atoms with Gasteiger partial charge < -0.3 is 4.74 Å². The number of nitrogens with zero attached hydrogens (tertiary/aromatic N) is 2. The normalized spacial score (nSPS) is 16.3. The van der Waals surface area contributed by atoms with E-state index in [-0.39, 0.29) is 5.41 Å². The van der Waals surface area contributed by atoms with Gasteiger partial charge >= 0.3 is 0 Å². The number of halogens is 1. The zero-order valence-corrected chi connectivity index (χ0v) is 10.6. The van der Waals surface area contributed by atoms with Gasteiger partial charge in [0, 0.05) is 17.5 Å². The van der Waals surface area contributed by atoms with Crippen LogP contribution in [0.4, 0.5) is 0 Å². The Kier molecular flexibility index (Phi) is 3.54. The molecule has 0 aromatic carbocycles. The van der Waals surface area contributed by atoms with E-state index in [1.807, 2.05) is 19.1 Å². The zero-order chi connectivity index (χ0) is 12.3. The monoisotopic (exact) mass is 250 g/mol. The SMILES string of the molecule is Cc1ccc(OCC2(CC#N)CC2)c(CCl)n1. The molecule has 0 aliphatic heterocycles. The Bertz CT molecular complexity index is 449. The van der Waals surface area contributed by atoms with E-state index in [4.69, 9.17) is 21.6 Å². The van der Waals surface area contributed by atoms with Crippen LogP contribution in [-0.4, -0.2) is 11.6 Å². The van der Waals surface area contributed by atoms with Crippen molar-refractivity contribution in [2.24, 2.45) is 5.41 Å². The summed E-state index contributed by atoms with van der Waals surface area (Å²) in [4.78, 5) is 4.34. The lowest BCUT2D eigenvalue weighted by atomic mass is 10.1. The second-order valence-corrected chi connectivity index (χ2v) is 4.92. The van der Waals surface area contributed by atoms with Crippen molar-refractivity contribution in [3.05, 3.63) is 23.5 Å². The standard InChI is InChI=1S/C13H15ClN2O/c1-10-2-3-12(11(8-14)16-10)17-9-13(4-5-13)6-7-15/h2-3H,4-6,8-9H2,1H3. The van der Waals surface area contributed by atoms with Crippen LogP contribution < -0.4 is 4.74 Å². The largest absolute Gasteiger partial charge is 0.491 e. The van der Waals surface area contributed by atoms with E-state index in [1.54, 1.807) is 0 Å². The molecule has 0 unspecified atom stereocenters. The van der Waals surface area contributed by atoms with Crippen molar-refractivity contribution in [2.45, 2.75) is 32.1 Å². The molecule has 17 heavy (non-hydrogen) atoms. The molecule has 1 aromatic rings. The van der Waals surface area contributed by atoms with Crippen molar-refractivity contribution < 1.29 is 4.74 Å². The highest BCUT2D eigenvalue weighted by atomic mass is 35.5. The van der Waals surface area contributed by atoms with Crippen molar-refractivity contribution in [3.63, 3.8) is 0 Å². The molecule has 2 rings (SSSR count). The van der Waals surface area contributed by atoms with E-state index in [0.29, 0.717) is 18.9 Å². The smallest absolute Gasteiger partial charge is 0.142 e. The van der Waals surface area contributed by atoms with Crippen molar-refractivity contribution in [1.29, 1.82) is 5.26 Å². The summed E-state index contributed by atoms with van der Waals surface area (Å²) in [5.74, 6) is 1.09. The Labute approximate surface area is 106 Å². The van der Waals surface area contributed by atoms with Gasteiger partial charge in [-0.2, -0.15) is 5.26 Å². The van der Waals surface area contributed by atoms with Gasteiger partial charge in [-0.3, -0.25) is 4.98 Å². The van der Waals surface area contributed by atoms with Gasteiger partial charge in [-0.25, -0.2) is 0 Å². The van der Waals surface area contributed by atoms with Crippen LogP contribution in [0, 0.1) is 23.7 Å². The average molecular weight is 251 g/mol. The van der Waals surface area contributed by atoms with Gasteiger partial charge in [0.2, 0.25) is 0 Å². The molecule has 3 nitrogen and oxygen atoms in total. The van der Waals surface area contributed by atoms with E-state index in [0.717, 1.165) is 30.0 Å². The average Bonchev–Trinajstić information content (AvgIpc) is 3.08. The van der Waals surface area contributed by atoms with Crippen LogP contribution in [0.2, 0.25) is 0 Å². The second-order valence-electron chi connectivity index (χ2n) is 4.65. The zero-order valence-electron chi connectivity index (χ0n) is 9.87. The third-order valence-electron chi connectivity index (χ3n) is 3.14. The van der Waals surface area contributed by atoms with Gasteiger partial charge in [-0.15, -0.1) is 11.6 Å². The van der Waals surface area contributed by atoms with Gasteiger partial charge in [0.1, 0.15) is 5.75 Å². The first kappa shape index (κ1) is 12.2. The maximum absolute atomic E-state index is 8.74. The molecular formula is C13H15ClN2O. The summed E-state index contributed by atoms with van der Waals surface area (Å²) in [6.45, 7) is 2.52. The molecule has 1 aliphatic carbocycles. The van der Waals surface area contributed by atoms with Crippen LogP contribution in [0.25, 0.3) is 0 Å². The number of ether oxygens (including phenoxy) is 1. The summed E-state index contributed by atoms with van der Waals surface area (Å²) < 4.78 is 5.76. The molecule has 1 fully saturated rings. The van der Waals surface area contributed by atoms with Crippen LogP contribution in [0.5, 0.6) is 5.75 Å². The Morgan fingerprint density at radius 3 is 2.88 bits per heavy atom. The van der Waals surface area contributed by atoms with Gasteiger partial charge in [-0.1, -0.05) is 0 Å². The summed E-state index contributed by atoms with van der Waals surface area (Å²) in [6.07, 6.45) is 2.73. The maximum Gasteiger partial charge on any atom is 0.142 e. The fourth-order valence-corrected chi connectivity index (χ4v) is 1.96. The molecule has 0 spiro atoms. The number of aromatic nitrogens is 1. The first-order valence-electron chi connectivity index (χ1n) is 5.71. The highest BCUT2D eigenvalue weighted by Gasteiger charge is 2.43. The highest BCUT2D eigenvalue weighted by molar-refractivity contribution is 6.17. The van der Waals surface area contributed by atoms with E-state index in [1.165, 1.54) is 0 Å². The Morgan fingerprint density at radius 1 is 1.53 bits per heavy atom. The lowest BCUT2D eigenvalue weighted by Crippen LogP contribution is -2.13. The lowest BCUT2D eigenvalue weighted by Gasteiger charge is -2.14. The summed E-state index contributed by atoms with van der Waals surface area (Å²) in [6, 6.07) is 6.04. The summed E-state index contributed by atoms with van der Waals surface area (Å²) >= 11 is 5.84. The van der Waals surface area contributed by atoms with Crippen molar-refractivity contribution in [1.82, 2.24) is 4.98 Å². The van der Waals surface area contributed by atoms with Crippen LogP contribution >= 0.6 is 11.6 Å². The summed E-state index contributed by atoms with van der Waals surface area (Å²) in [5.41, 5.74) is 1.80. The van der Waals surface area contributed by atoms with E-state index in [9.17, 15) is 0 Å². The number of hydrogen-bond donors (Lipinski definition) is 0. The number of alkyl halides is 1. The molecule has 1 aliphatic rings. The van der Waals surface area contributed by atoms with Gasteiger partial charge in [0.05, 0.1) is 24.3 Å². The third-order valence-corrected chi connectivity index (χ3v) is 3.40. The molecule has 0 N–H and O–H groups in total. The third kappa shape index (κ3) is 2.89. The lowest BCUT2D eigenvalue weighted by molar-refractivity contribution is 0.234. The molecule has 1 saturated carbocycles. The first-order valence-corrected chi connectivity index (χ1v) is 6.25. The highest BCUT2D eigenvalue weighted by Crippen LogP contribution is 2.48. The molecule has 0 bridgehead atoms. The number of nitriles is 1. The predicted molar refractivity (Wildman–Crippen MR) is 65.9 cm³/mol. The molecule has 90 valence electrons. The van der Waals surface area contributed by atoms with E-state index >= 15 is 0 Å². The number of pyridine rings is 1. The molecule has 0 atom stereocenters. The molecule has 0 saturated heterocycles.